The van der Waals surface area contributed by atoms with Gasteiger partial charge in [-0.1, -0.05) is 12.5 Å². The molecule has 3 heterocycles. The van der Waals surface area contributed by atoms with Gasteiger partial charge in [0.1, 0.15) is 6.10 Å². The van der Waals surface area contributed by atoms with E-state index in [-0.39, 0.29) is 6.10 Å². The van der Waals surface area contributed by atoms with Crippen molar-refractivity contribution in [2.24, 2.45) is 0 Å². The van der Waals surface area contributed by atoms with Crippen LogP contribution in [0.3, 0.4) is 0 Å². The SMILES string of the molecule is O=C(O)N1CCc2nc(OC3CCN(C4CCC4)CC3)ccc2C1. The fourth-order valence-corrected chi connectivity index (χ4v) is 3.91. The molecule has 0 atom stereocenters. The zero-order valence-electron chi connectivity index (χ0n) is 14.0. The van der Waals surface area contributed by atoms with Crippen molar-refractivity contribution in [2.75, 3.05) is 19.6 Å². The molecule has 1 aromatic rings. The Morgan fingerprint density at radius 3 is 2.62 bits per heavy atom. The maximum absolute atomic E-state index is 11.1. The van der Waals surface area contributed by atoms with E-state index in [2.05, 4.69) is 9.88 Å². The fourth-order valence-electron chi connectivity index (χ4n) is 3.91. The summed E-state index contributed by atoms with van der Waals surface area (Å²) < 4.78 is 6.11. The van der Waals surface area contributed by atoms with E-state index in [9.17, 15) is 4.79 Å². The van der Waals surface area contributed by atoms with Crippen LogP contribution >= 0.6 is 0 Å². The second-order valence-electron chi connectivity index (χ2n) is 7.15. The summed E-state index contributed by atoms with van der Waals surface area (Å²) in [7, 11) is 0. The van der Waals surface area contributed by atoms with Gasteiger partial charge < -0.3 is 19.6 Å². The van der Waals surface area contributed by atoms with Gasteiger partial charge in [0, 0.05) is 38.2 Å². The van der Waals surface area contributed by atoms with E-state index in [1.807, 2.05) is 12.1 Å². The molecule has 0 spiro atoms. The maximum atomic E-state index is 11.1. The minimum atomic E-state index is -0.862. The van der Waals surface area contributed by atoms with Gasteiger partial charge in [-0.15, -0.1) is 0 Å². The molecule has 6 heteroatoms. The van der Waals surface area contributed by atoms with E-state index in [4.69, 9.17) is 9.84 Å². The molecule has 0 radical (unpaired) electrons. The Bertz CT molecular complexity index is 610. The zero-order chi connectivity index (χ0) is 16.5. The van der Waals surface area contributed by atoms with Crippen molar-refractivity contribution in [1.29, 1.82) is 0 Å². The van der Waals surface area contributed by atoms with Gasteiger partial charge in [-0.2, -0.15) is 0 Å². The number of rotatable bonds is 3. The van der Waals surface area contributed by atoms with Gasteiger partial charge >= 0.3 is 6.09 Å². The molecule has 2 aliphatic heterocycles. The van der Waals surface area contributed by atoms with Crippen molar-refractivity contribution in [3.63, 3.8) is 0 Å². The minimum absolute atomic E-state index is 0.256. The van der Waals surface area contributed by atoms with Crippen molar-refractivity contribution < 1.29 is 14.6 Å². The summed E-state index contributed by atoms with van der Waals surface area (Å²) >= 11 is 0. The van der Waals surface area contributed by atoms with Crippen molar-refractivity contribution in [2.45, 2.75) is 57.2 Å². The Labute approximate surface area is 142 Å². The predicted octanol–water partition coefficient (Wildman–Crippen LogP) is 2.51. The first-order chi connectivity index (χ1) is 11.7. The van der Waals surface area contributed by atoms with Crippen LogP contribution in [-0.2, 0) is 13.0 Å². The lowest BCUT2D eigenvalue weighted by Crippen LogP contribution is -2.46. The number of pyridine rings is 1. The molecule has 1 amide bonds. The first-order valence-electron chi connectivity index (χ1n) is 9.06. The number of fused-ring (bicyclic) bond motifs is 1. The van der Waals surface area contributed by atoms with E-state index < -0.39 is 6.09 Å². The van der Waals surface area contributed by atoms with Gasteiger partial charge in [-0.25, -0.2) is 9.78 Å². The Morgan fingerprint density at radius 1 is 1.17 bits per heavy atom. The average molecular weight is 331 g/mol. The highest BCUT2D eigenvalue weighted by molar-refractivity contribution is 5.65. The van der Waals surface area contributed by atoms with E-state index in [1.54, 1.807) is 0 Å². The lowest BCUT2D eigenvalue weighted by atomic mass is 9.90. The van der Waals surface area contributed by atoms with Crippen molar-refractivity contribution >= 4 is 6.09 Å². The highest BCUT2D eigenvalue weighted by Gasteiger charge is 2.29. The third-order valence-corrected chi connectivity index (χ3v) is 5.65. The van der Waals surface area contributed by atoms with Crippen LogP contribution in [0.25, 0.3) is 0 Å². The molecule has 1 aliphatic carbocycles. The average Bonchev–Trinajstić information content (AvgIpc) is 2.54. The van der Waals surface area contributed by atoms with Crippen molar-refractivity contribution in [1.82, 2.24) is 14.8 Å². The van der Waals surface area contributed by atoms with Crippen LogP contribution in [-0.4, -0.2) is 57.8 Å². The molecule has 6 nitrogen and oxygen atoms in total. The molecule has 0 aromatic carbocycles. The third-order valence-electron chi connectivity index (χ3n) is 5.65. The van der Waals surface area contributed by atoms with Gasteiger partial charge in [0.25, 0.3) is 0 Å². The summed E-state index contributed by atoms with van der Waals surface area (Å²) in [6, 6.07) is 4.68. The monoisotopic (exact) mass is 331 g/mol. The van der Waals surface area contributed by atoms with Gasteiger partial charge in [-0.05, 0) is 31.2 Å². The van der Waals surface area contributed by atoms with E-state index in [0.717, 1.165) is 43.2 Å². The normalized spacial score (nSPS) is 22.8. The van der Waals surface area contributed by atoms with E-state index in [0.29, 0.717) is 25.4 Å². The van der Waals surface area contributed by atoms with E-state index >= 15 is 0 Å². The summed E-state index contributed by atoms with van der Waals surface area (Å²) in [4.78, 5) is 19.7. The summed E-state index contributed by atoms with van der Waals surface area (Å²) in [5, 5.41) is 9.09. The molecular formula is C18H25N3O3. The lowest BCUT2D eigenvalue weighted by Gasteiger charge is -2.41. The summed E-state index contributed by atoms with van der Waals surface area (Å²) in [6.45, 7) is 3.21. The Kier molecular flexibility index (Phi) is 4.31. The molecule has 3 aliphatic rings. The van der Waals surface area contributed by atoms with Gasteiger partial charge in [0.15, 0.2) is 0 Å². The molecule has 0 bridgehead atoms. The van der Waals surface area contributed by atoms with Crippen molar-refractivity contribution in [3.8, 4) is 5.88 Å². The van der Waals surface area contributed by atoms with Crippen LogP contribution in [0, 0.1) is 0 Å². The summed E-state index contributed by atoms with van der Waals surface area (Å²) in [5.41, 5.74) is 1.98. The topological polar surface area (TPSA) is 65.9 Å². The van der Waals surface area contributed by atoms with Crippen LogP contribution in [0.15, 0.2) is 12.1 Å². The lowest BCUT2D eigenvalue weighted by molar-refractivity contribution is 0.0473. The molecule has 130 valence electrons. The molecule has 1 saturated heterocycles. The Morgan fingerprint density at radius 2 is 1.96 bits per heavy atom. The van der Waals surface area contributed by atoms with Gasteiger partial charge in [0.05, 0.1) is 12.2 Å². The zero-order valence-corrected chi connectivity index (χ0v) is 14.0. The molecule has 1 N–H and O–H groups in total. The first-order valence-corrected chi connectivity index (χ1v) is 9.06. The third kappa shape index (κ3) is 3.20. The number of carbonyl (C=O) groups is 1. The number of carboxylic acid groups (broad SMARTS) is 1. The number of likely N-dealkylation sites (tertiary alicyclic amines) is 1. The molecule has 4 rings (SSSR count). The van der Waals surface area contributed by atoms with E-state index in [1.165, 1.54) is 24.2 Å². The van der Waals surface area contributed by atoms with Crippen LogP contribution in [0.2, 0.25) is 0 Å². The number of piperidine rings is 1. The molecule has 1 saturated carbocycles. The van der Waals surface area contributed by atoms with Gasteiger partial charge in [-0.3, -0.25) is 0 Å². The molecule has 0 unspecified atom stereocenters. The van der Waals surface area contributed by atoms with Crippen LogP contribution in [0.4, 0.5) is 4.79 Å². The molecule has 24 heavy (non-hydrogen) atoms. The highest BCUT2D eigenvalue weighted by atomic mass is 16.5. The predicted molar refractivity (Wildman–Crippen MR) is 89.2 cm³/mol. The summed E-state index contributed by atoms with van der Waals surface area (Å²) in [5.74, 6) is 0.694. The smallest absolute Gasteiger partial charge is 0.407 e. The van der Waals surface area contributed by atoms with Crippen LogP contribution < -0.4 is 4.74 Å². The molecule has 2 fully saturated rings. The van der Waals surface area contributed by atoms with Crippen LogP contribution in [0.1, 0.15) is 43.4 Å². The number of hydrogen-bond acceptors (Lipinski definition) is 4. The minimum Gasteiger partial charge on any atom is -0.474 e. The number of ether oxygens (including phenoxy) is 1. The number of amides is 1. The second kappa shape index (κ2) is 6.59. The molecular weight excluding hydrogens is 306 g/mol. The Balaban J connectivity index is 1.34. The largest absolute Gasteiger partial charge is 0.474 e. The standard InChI is InChI=1S/C18H25N3O3/c22-18(23)21-11-8-16-13(12-21)4-5-17(19-16)24-15-6-9-20(10-7-15)14-2-1-3-14/h4-5,14-15H,1-3,6-12H2,(H,22,23). The first kappa shape index (κ1) is 15.7. The maximum Gasteiger partial charge on any atom is 0.407 e. The van der Waals surface area contributed by atoms with Crippen LogP contribution in [0.5, 0.6) is 5.88 Å². The fraction of sp³-hybridized carbons (Fsp3) is 0.667. The number of aromatic nitrogens is 1. The summed E-state index contributed by atoms with van der Waals surface area (Å²) in [6.07, 6.45) is 6.32. The quantitative estimate of drug-likeness (QED) is 0.922. The number of hydrogen-bond donors (Lipinski definition) is 1. The Hall–Kier alpha value is -1.82. The van der Waals surface area contributed by atoms with Crippen molar-refractivity contribution in [3.05, 3.63) is 23.4 Å². The highest BCUT2D eigenvalue weighted by Crippen LogP contribution is 2.28. The van der Waals surface area contributed by atoms with Gasteiger partial charge in [0.2, 0.25) is 5.88 Å². The number of nitrogens with zero attached hydrogens (tertiary/aromatic N) is 3. The molecule has 1 aromatic heterocycles. The second-order valence-corrected chi connectivity index (χ2v) is 7.15.